The number of rotatable bonds is 6. The van der Waals surface area contributed by atoms with Crippen LogP contribution in [0.2, 0.25) is 0 Å². The van der Waals surface area contributed by atoms with Gasteiger partial charge in [-0.2, -0.15) is 11.8 Å². The minimum atomic E-state index is 0.149. The summed E-state index contributed by atoms with van der Waals surface area (Å²) in [6.07, 6.45) is 3.86. The number of nitrogens with zero attached hydrogens (tertiary/aromatic N) is 1. The van der Waals surface area contributed by atoms with Gasteiger partial charge in [-0.3, -0.25) is 9.69 Å². The molecule has 0 radical (unpaired) electrons. The zero-order chi connectivity index (χ0) is 11.3. The van der Waals surface area contributed by atoms with E-state index in [1.807, 2.05) is 19.2 Å². The fourth-order valence-corrected chi connectivity index (χ4v) is 2.08. The van der Waals surface area contributed by atoms with Gasteiger partial charge >= 0.3 is 0 Å². The maximum absolute atomic E-state index is 11.7. The van der Waals surface area contributed by atoms with Gasteiger partial charge in [0.15, 0.2) is 5.78 Å². The van der Waals surface area contributed by atoms with Crippen molar-refractivity contribution in [1.82, 2.24) is 9.88 Å². The molecule has 1 aromatic rings. The van der Waals surface area contributed by atoms with Crippen molar-refractivity contribution < 1.29 is 4.79 Å². The molecule has 0 aliphatic rings. The molecular formula is C11H18N2OS. The highest BCUT2D eigenvalue weighted by Crippen LogP contribution is 2.05. The number of hydrogen-bond donors (Lipinski definition) is 1. The SMILES string of the molecule is CSCC(C)N(C)CC(=O)c1ccc[nH]1. The third-order valence-corrected chi connectivity index (χ3v) is 3.27. The maximum Gasteiger partial charge on any atom is 0.192 e. The van der Waals surface area contributed by atoms with Crippen LogP contribution in [0.5, 0.6) is 0 Å². The number of ketones is 1. The number of aromatic amines is 1. The van der Waals surface area contributed by atoms with Gasteiger partial charge in [-0.15, -0.1) is 0 Å². The molecule has 0 saturated carbocycles. The lowest BCUT2D eigenvalue weighted by Crippen LogP contribution is -2.35. The monoisotopic (exact) mass is 226 g/mol. The first kappa shape index (κ1) is 12.3. The normalized spacial score (nSPS) is 13.1. The summed E-state index contributed by atoms with van der Waals surface area (Å²) in [6, 6.07) is 4.09. The van der Waals surface area contributed by atoms with E-state index in [1.165, 1.54) is 0 Å². The Hall–Kier alpha value is -0.740. The molecule has 0 aromatic carbocycles. The summed E-state index contributed by atoms with van der Waals surface area (Å²) in [5.74, 6) is 1.20. The van der Waals surface area contributed by atoms with Gasteiger partial charge in [-0.1, -0.05) is 0 Å². The van der Waals surface area contributed by atoms with E-state index in [-0.39, 0.29) is 5.78 Å². The Morgan fingerprint density at radius 3 is 2.93 bits per heavy atom. The van der Waals surface area contributed by atoms with Crippen molar-refractivity contribution in [1.29, 1.82) is 0 Å². The van der Waals surface area contributed by atoms with Gasteiger partial charge in [-0.25, -0.2) is 0 Å². The van der Waals surface area contributed by atoms with Crippen LogP contribution in [-0.2, 0) is 0 Å². The lowest BCUT2D eigenvalue weighted by atomic mass is 10.2. The van der Waals surface area contributed by atoms with Crippen molar-refractivity contribution in [3.8, 4) is 0 Å². The van der Waals surface area contributed by atoms with E-state index in [0.717, 1.165) is 5.75 Å². The second-order valence-corrected chi connectivity index (χ2v) is 4.64. The summed E-state index contributed by atoms with van der Waals surface area (Å²) >= 11 is 1.80. The number of nitrogens with one attached hydrogen (secondary N) is 1. The molecule has 0 spiro atoms. The van der Waals surface area contributed by atoms with Gasteiger partial charge in [0, 0.05) is 18.0 Å². The van der Waals surface area contributed by atoms with E-state index < -0.39 is 0 Å². The molecule has 0 amide bonds. The summed E-state index contributed by atoms with van der Waals surface area (Å²) in [5.41, 5.74) is 0.693. The van der Waals surface area contributed by atoms with Crippen molar-refractivity contribution in [3.63, 3.8) is 0 Å². The van der Waals surface area contributed by atoms with Crippen LogP contribution >= 0.6 is 11.8 Å². The summed E-state index contributed by atoms with van der Waals surface area (Å²) < 4.78 is 0. The molecule has 1 heterocycles. The highest BCUT2D eigenvalue weighted by Gasteiger charge is 2.14. The second-order valence-electron chi connectivity index (χ2n) is 3.73. The van der Waals surface area contributed by atoms with Crippen LogP contribution in [0, 0.1) is 0 Å². The average molecular weight is 226 g/mol. The number of likely N-dealkylation sites (N-methyl/N-ethyl adjacent to an activating group) is 1. The Labute approximate surface area is 95.2 Å². The Morgan fingerprint density at radius 1 is 1.67 bits per heavy atom. The van der Waals surface area contributed by atoms with Crippen LogP contribution in [-0.4, -0.2) is 47.3 Å². The number of aromatic nitrogens is 1. The van der Waals surface area contributed by atoms with E-state index >= 15 is 0 Å². The highest BCUT2D eigenvalue weighted by molar-refractivity contribution is 7.98. The molecule has 1 N–H and O–H groups in total. The lowest BCUT2D eigenvalue weighted by molar-refractivity contribution is 0.0926. The van der Waals surface area contributed by atoms with Crippen molar-refractivity contribution in [2.45, 2.75) is 13.0 Å². The van der Waals surface area contributed by atoms with E-state index in [0.29, 0.717) is 18.3 Å². The van der Waals surface area contributed by atoms with Gasteiger partial charge < -0.3 is 4.98 Å². The third-order valence-electron chi connectivity index (χ3n) is 2.45. The fraction of sp³-hybridized carbons (Fsp3) is 0.545. The molecule has 3 nitrogen and oxygen atoms in total. The molecule has 0 fully saturated rings. The zero-order valence-electron chi connectivity index (χ0n) is 9.49. The Balaban J connectivity index is 2.44. The molecule has 1 atom stereocenters. The molecule has 0 aliphatic carbocycles. The van der Waals surface area contributed by atoms with Crippen LogP contribution in [0.3, 0.4) is 0 Å². The van der Waals surface area contributed by atoms with Crippen LogP contribution in [0.4, 0.5) is 0 Å². The van der Waals surface area contributed by atoms with E-state index in [9.17, 15) is 4.79 Å². The van der Waals surface area contributed by atoms with Crippen LogP contribution in [0.1, 0.15) is 17.4 Å². The summed E-state index contributed by atoms with van der Waals surface area (Å²) in [6.45, 7) is 2.61. The van der Waals surface area contributed by atoms with Crippen molar-refractivity contribution in [2.24, 2.45) is 0 Å². The summed E-state index contributed by atoms with van der Waals surface area (Å²) in [4.78, 5) is 16.8. The van der Waals surface area contributed by atoms with E-state index in [2.05, 4.69) is 23.1 Å². The number of H-pyrrole nitrogens is 1. The zero-order valence-corrected chi connectivity index (χ0v) is 10.3. The molecule has 1 unspecified atom stereocenters. The smallest absolute Gasteiger partial charge is 0.192 e. The highest BCUT2D eigenvalue weighted by atomic mass is 32.2. The van der Waals surface area contributed by atoms with Gasteiger partial charge in [0.2, 0.25) is 0 Å². The average Bonchev–Trinajstić information content (AvgIpc) is 2.70. The summed E-state index contributed by atoms with van der Waals surface area (Å²) in [7, 11) is 1.99. The van der Waals surface area contributed by atoms with Gasteiger partial charge in [0.25, 0.3) is 0 Å². The Morgan fingerprint density at radius 2 is 2.40 bits per heavy atom. The maximum atomic E-state index is 11.7. The predicted molar refractivity (Wildman–Crippen MR) is 65.6 cm³/mol. The second kappa shape index (κ2) is 5.98. The molecule has 0 aliphatic heterocycles. The van der Waals surface area contributed by atoms with Crippen molar-refractivity contribution >= 4 is 17.5 Å². The molecule has 1 rings (SSSR count). The number of hydrogen-bond acceptors (Lipinski definition) is 3. The summed E-state index contributed by atoms with van der Waals surface area (Å²) in [5, 5.41) is 0. The van der Waals surface area contributed by atoms with E-state index in [1.54, 1.807) is 18.0 Å². The van der Waals surface area contributed by atoms with Gasteiger partial charge in [0.05, 0.1) is 12.2 Å². The molecule has 1 aromatic heterocycles. The number of Topliss-reactive ketones (excluding diaryl/α,β-unsaturated/α-hetero) is 1. The van der Waals surface area contributed by atoms with Crippen molar-refractivity contribution in [2.75, 3.05) is 25.6 Å². The van der Waals surface area contributed by atoms with E-state index in [4.69, 9.17) is 0 Å². The largest absolute Gasteiger partial charge is 0.359 e. The first-order chi connectivity index (χ1) is 7.15. The standard InChI is InChI=1S/C11H18N2OS/c1-9(8-15-3)13(2)7-11(14)10-5-4-6-12-10/h4-6,9,12H,7-8H2,1-3H3. The first-order valence-corrected chi connectivity index (χ1v) is 6.40. The molecule has 0 saturated heterocycles. The van der Waals surface area contributed by atoms with Crippen LogP contribution in [0.25, 0.3) is 0 Å². The van der Waals surface area contributed by atoms with Gasteiger partial charge in [-0.05, 0) is 32.4 Å². The van der Waals surface area contributed by atoms with Crippen LogP contribution in [0.15, 0.2) is 18.3 Å². The topological polar surface area (TPSA) is 36.1 Å². The minimum Gasteiger partial charge on any atom is -0.359 e. The van der Waals surface area contributed by atoms with Gasteiger partial charge in [0.1, 0.15) is 0 Å². The van der Waals surface area contributed by atoms with Crippen LogP contribution < -0.4 is 0 Å². The first-order valence-electron chi connectivity index (χ1n) is 5.01. The number of carbonyl (C=O) groups excluding carboxylic acids is 1. The molecule has 15 heavy (non-hydrogen) atoms. The predicted octanol–water partition coefficient (Wildman–Crippen LogP) is 1.88. The quantitative estimate of drug-likeness (QED) is 0.752. The number of carbonyl (C=O) groups is 1. The Kier molecular flexibility index (Phi) is 4.91. The van der Waals surface area contributed by atoms with Crippen molar-refractivity contribution in [3.05, 3.63) is 24.0 Å². The Bertz CT molecular complexity index is 298. The molecule has 0 bridgehead atoms. The molecule has 4 heteroatoms. The minimum absolute atomic E-state index is 0.149. The molecule has 84 valence electrons. The fourth-order valence-electron chi connectivity index (χ4n) is 1.34. The lowest BCUT2D eigenvalue weighted by Gasteiger charge is -2.22. The third kappa shape index (κ3) is 3.72. The number of thioether (sulfide) groups is 1. The molecular weight excluding hydrogens is 208 g/mol.